The summed E-state index contributed by atoms with van der Waals surface area (Å²) >= 11 is 1.37. The van der Waals surface area contributed by atoms with Crippen molar-refractivity contribution in [3.63, 3.8) is 0 Å². The molecule has 7 nitrogen and oxygen atoms in total. The van der Waals surface area contributed by atoms with Gasteiger partial charge in [0.1, 0.15) is 5.00 Å². The highest BCUT2D eigenvalue weighted by atomic mass is 32.1. The van der Waals surface area contributed by atoms with Crippen LogP contribution in [-0.2, 0) is 12.8 Å². The number of hydrogen-bond donors (Lipinski definition) is 2. The van der Waals surface area contributed by atoms with Gasteiger partial charge in [0.25, 0.3) is 0 Å². The SMILES string of the molecule is Cc1c(C(=O)O)nnn1-c1sc2c(c1C(=O)O)CCCC2. The van der Waals surface area contributed by atoms with Crippen molar-refractivity contribution >= 4 is 23.3 Å². The van der Waals surface area contributed by atoms with Crippen LogP contribution in [0.15, 0.2) is 0 Å². The molecule has 21 heavy (non-hydrogen) atoms. The number of aryl methyl sites for hydroxylation is 1. The minimum atomic E-state index is -1.17. The Kier molecular flexibility index (Phi) is 3.25. The summed E-state index contributed by atoms with van der Waals surface area (Å²) in [6.45, 7) is 1.58. The maximum absolute atomic E-state index is 11.6. The molecule has 0 unspecified atom stereocenters. The number of carbonyl (C=O) groups is 2. The topological polar surface area (TPSA) is 105 Å². The van der Waals surface area contributed by atoms with E-state index in [2.05, 4.69) is 10.3 Å². The van der Waals surface area contributed by atoms with Crippen LogP contribution >= 0.6 is 11.3 Å². The highest BCUT2D eigenvalue weighted by molar-refractivity contribution is 7.15. The van der Waals surface area contributed by atoms with Crippen molar-refractivity contribution < 1.29 is 19.8 Å². The molecule has 0 radical (unpaired) electrons. The van der Waals surface area contributed by atoms with Crippen molar-refractivity contribution in [1.29, 1.82) is 0 Å². The largest absolute Gasteiger partial charge is 0.478 e. The molecule has 2 aromatic heterocycles. The Labute approximate surface area is 123 Å². The lowest BCUT2D eigenvalue weighted by Crippen LogP contribution is -2.09. The van der Waals surface area contributed by atoms with E-state index in [4.69, 9.17) is 5.11 Å². The van der Waals surface area contributed by atoms with Crippen LogP contribution in [-0.4, -0.2) is 37.1 Å². The number of carboxylic acids is 2. The third-order valence-electron chi connectivity index (χ3n) is 3.66. The second kappa shape index (κ2) is 4.96. The van der Waals surface area contributed by atoms with E-state index in [-0.39, 0.29) is 11.3 Å². The van der Waals surface area contributed by atoms with Gasteiger partial charge in [-0.05, 0) is 38.2 Å². The van der Waals surface area contributed by atoms with Crippen molar-refractivity contribution in [3.8, 4) is 5.00 Å². The van der Waals surface area contributed by atoms with E-state index in [1.165, 1.54) is 16.0 Å². The van der Waals surface area contributed by atoms with Gasteiger partial charge in [-0.3, -0.25) is 0 Å². The molecule has 0 atom stereocenters. The summed E-state index contributed by atoms with van der Waals surface area (Å²) in [6.07, 6.45) is 3.62. The smallest absolute Gasteiger partial charge is 0.358 e. The van der Waals surface area contributed by atoms with Crippen molar-refractivity contribution in [2.75, 3.05) is 0 Å². The molecule has 2 heterocycles. The molecular weight excluding hydrogens is 294 g/mol. The molecule has 1 aliphatic carbocycles. The van der Waals surface area contributed by atoms with Crippen LogP contribution < -0.4 is 0 Å². The third kappa shape index (κ3) is 2.11. The molecule has 0 fully saturated rings. The molecule has 3 rings (SSSR count). The van der Waals surface area contributed by atoms with E-state index in [0.29, 0.717) is 10.7 Å². The molecule has 8 heteroatoms. The zero-order valence-corrected chi connectivity index (χ0v) is 12.1. The summed E-state index contributed by atoms with van der Waals surface area (Å²) < 4.78 is 1.33. The summed E-state index contributed by atoms with van der Waals surface area (Å²) in [5.41, 5.74) is 1.28. The monoisotopic (exact) mass is 307 g/mol. The Hall–Kier alpha value is -2.22. The van der Waals surface area contributed by atoms with Gasteiger partial charge in [-0.1, -0.05) is 5.21 Å². The molecule has 110 valence electrons. The second-order valence-electron chi connectivity index (χ2n) is 4.94. The van der Waals surface area contributed by atoms with E-state index in [1.54, 1.807) is 6.92 Å². The molecule has 2 aromatic rings. The lowest BCUT2D eigenvalue weighted by Gasteiger charge is -2.10. The number of carboxylic acid groups (broad SMARTS) is 2. The molecule has 1 aliphatic rings. The summed E-state index contributed by atoms with van der Waals surface area (Å²) in [6, 6.07) is 0. The van der Waals surface area contributed by atoms with Gasteiger partial charge in [-0.15, -0.1) is 16.4 Å². The zero-order chi connectivity index (χ0) is 15.1. The molecule has 2 N–H and O–H groups in total. The maximum Gasteiger partial charge on any atom is 0.358 e. The standard InChI is InChI=1S/C13H13N3O4S/c1-6-10(13(19)20)14-15-16(6)11-9(12(17)18)7-4-2-3-5-8(7)21-11/h2-5H2,1H3,(H,17,18)(H,19,20). The predicted octanol–water partition coefficient (Wildman–Crippen LogP) is 1.91. The minimum absolute atomic E-state index is 0.155. The van der Waals surface area contributed by atoms with Crippen molar-refractivity contribution in [1.82, 2.24) is 15.0 Å². The molecule has 0 saturated heterocycles. The van der Waals surface area contributed by atoms with Crippen LogP contribution in [0.3, 0.4) is 0 Å². The van der Waals surface area contributed by atoms with Crippen molar-refractivity contribution in [2.24, 2.45) is 0 Å². The van der Waals surface area contributed by atoms with Gasteiger partial charge in [0.15, 0.2) is 5.69 Å². The quantitative estimate of drug-likeness (QED) is 0.897. The predicted molar refractivity (Wildman–Crippen MR) is 74.5 cm³/mol. The Balaban J connectivity index is 2.21. The van der Waals surface area contributed by atoms with Gasteiger partial charge in [0.05, 0.1) is 11.3 Å². The average Bonchev–Trinajstić information content (AvgIpc) is 2.98. The number of hydrogen-bond acceptors (Lipinski definition) is 5. The Bertz CT molecular complexity index is 747. The molecule has 0 spiro atoms. The first-order chi connectivity index (χ1) is 10.0. The Morgan fingerprint density at radius 1 is 1.19 bits per heavy atom. The molecule has 0 amide bonds. The van der Waals surface area contributed by atoms with E-state index >= 15 is 0 Å². The van der Waals surface area contributed by atoms with E-state index in [0.717, 1.165) is 36.1 Å². The van der Waals surface area contributed by atoms with Crippen molar-refractivity contribution in [2.45, 2.75) is 32.6 Å². The van der Waals surface area contributed by atoms with Gasteiger partial charge in [-0.25, -0.2) is 14.3 Å². The number of aromatic nitrogens is 3. The van der Waals surface area contributed by atoms with E-state index in [1.807, 2.05) is 0 Å². The zero-order valence-electron chi connectivity index (χ0n) is 11.3. The summed E-state index contributed by atoms with van der Waals surface area (Å²) in [7, 11) is 0. The van der Waals surface area contributed by atoms with Crippen LogP contribution in [0.25, 0.3) is 5.00 Å². The van der Waals surface area contributed by atoms with E-state index < -0.39 is 11.9 Å². The Morgan fingerprint density at radius 3 is 2.52 bits per heavy atom. The lowest BCUT2D eigenvalue weighted by atomic mass is 9.95. The van der Waals surface area contributed by atoms with Crippen LogP contribution in [0.5, 0.6) is 0 Å². The maximum atomic E-state index is 11.6. The lowest BCUT2D eigenvalue weighted by molar-refractivity contribution is 0.0682. The van der Waals surface area contributed by atoms with Gasteiger partial charge in [0.2, 0.25) is 0 Å². The molecule has 0 bridgehead atoms. The molecule has 0 aliphatic heterocycles. The van der Waals surface area contributed by atoms with Gasteiger partial charge in [-0.2, -0.15) is 0 Å². The number of thiophene rings is 1. The molecular formula is C13H13N3O4S. The fraction of sp³-hybridized carbons (Fsp3) is 0.385. The average molecular weight is 307 g/mol. The normalized spacial score (nSPS) is 14.0. The third-order valence-corrected chi connectivity index (χ3v) is 4.92. The second-order valence-corrected chi connectivity index (χ2v) is 6.02. The fourth-order valence-electron chi connectivity index (χ4n) is 2.64. The van der Waals surface area contributed by atoms with Crippen LogP contribution in [0.2, 0.25) is 0 Å². The Morgan fingerprint density at radius 2 is 1.90 bits per heavy atom. The van der Waals surface area contributed by atoms with E-state index in [9.17, 15) is 14.7 Å². The number of nitrogens with zero attached hydrogens (tertiary/aromatic N) is 3. The minimum Gasteiger partial charge on any atom is -0.478 e. The van der Waals surface area contributed by atoms with Crippen LogP contribution in [0, 0.1) is 6.92 Å². The highest BCUT2D eigenvalue weighted by Gasteiger charge is 2.28. The van der Waals surface area contributed by atoms with Crippen LogP contribution in [0.1, 0.15) is 49.8 Å². The first-order valence-electron chi connectivity index (χ1n) is 6.54. The highest BCUT2D eigenvalue weighted by Crippen LogP contribution is 2.37. The van der Waals surface area contributed by atoms with Gasteiger partial charge < -0.3 is 10.2 Å². The summed E-state index contributed by atoms with van der Waals surface area (Å²) in [5.74, 6) is -2.17. The molecule has 0 saturated carbocycles. The number of aromatic carboxylic acids is 2. The van der Waals surface area contributed by atoms with Crippen molar-refractivity contribution in [3.05, 3.63) is 27.4 Å². The summed E-state index contributed by atoms with van der Waals surface area (Å²) in [5, 5.41) is 26.4. The first kappa shape index (κ1) is 13.7. The molecule has 0 aromatic carbocycles. The van der Waals surface area contributed by atoms with Gasteiger partial charge >= 0.3 is 11.9 Å². The first-order valence-corrected chi connectivity index (χ1v) is 7.36. The number of fused-ring (bicyclic) bond motifs is 1. The van der Waals surface area contributed by atoms with Crippen LogP contribution in [0.4, 0.5) is 0 Å². The summed E-state index contributed by atoms with van der Waals surface area (Å²) in [4.78, 5) is 23.7. The fourth-order valence-corrected chi connectivity index (χ4v) is 4.02. The number of rotatable bonds is 3. The van der Waals surface area contributed by atoms with Gasteiger partial charge in [0, 0.05) is 4.88 Å².